The highest BCUT2D eigenvalue weighted by atomic mass is 32.2. The fourth-order valence-electron chi connectivity index (χ4n) is 2.88. The van der Waals surface area contributed by atoms with Gasteiger partial charge in [0.25, 0.3) is 5.56 Å². The molecule has 1 heterocycles. The van der Waals surface area contributed by atoms with Crippen LogP contribution in [-0.2, 0) is 4.79 Å². The van der Waals surface area contributed by atoms with E-state index in [1.807, 2.05) is 13.8 Å². The Morgan fingerprint density at radius 2 is 1.77 bits per heavy atom. The summed E-state index contributed by atoms with van der Waals surface area (Å²) in [5, 5.41) is 2.87. The zero-order valence-electron chi connectivity index (χ0n) is 16.6. The van der Waals surface area contributed by atoms with E-state index in [-0.39, 0.29) is 23.0 Å². The van der Waals surface area contributed by atoms with E-state index in [1.165, 1.54) is 18.2 Å². The van der Waals surface area contributed by atoms with Crippen molar-refractivity contribution in [3.05, 3.63) is 58.9 Å². The predicted octanol–water partition coefficient (Wildman–Crippen LogP) is 4.70. The molecule has 158 valence electrons. The summed E-state index contributed by atoms with van der Waals surface area (Å²) >= 11 is 1.13. The van der Waals surface area contributed by atoms with Crippen LogP contribution in [0, 0.1) is 0 Å². The normalized spacial score (nSPS) is 12.4. The largest absolute Gasteiger partial charge is 0.433 e. The number of fused-ring (bicyclic) bond motifs is 1. The average Bonchev–Trinajstić information content (AvgIpc) is 2.69. The van der Waals surface area contributed by atoms with Crippen LogP contribution in [0.25, 0.3) is 10.9 Å². The van der Waals surface area contributed by atoms with Crippen LogP contribution in [0.2, 0.25) is 0 Å². The number of benzene rings is 2. The number of hydrogen-bond donors (Lipinski definition) is 1. The molecule has 0 aliphatic rings. The lowest BCUT2D eigenvalue weighted by molar-refractivity contribution is -0.115. The Bertz CT molecular complexity index is 1120. The number of thioether (sulfide) groups is 1. The molecule has 9 heteroatoms. The Kier molecular flexibility index (Phi) is 6.71. The van der Waals surface area contributed by atoms with Gasteiger partial charge in [0.2, 0.25) is 5.91 Å². The third-order valence-corrected chi connectivity index (χ3v) is 5.37. The topological polar surface area (TPSA) is 73.2 Å². The number of amides is 1. The molecule has 3 aromatic rings. The van der Waals surface area contributed by atoms with Crippen LogP contribution in [0.4, 0.5) is 14.5 Å². The smallest absolute Gasteiger partial charge is 0.387 e. The maximum absolute atomic E-state index is 12.9. The number of alkyl halides is 2. The summed E-state index contributed by atoms with van der Waals surface area (Å²) < 4.78 is 31.2. The Hall–Kier alpha value is -2.94. The van der Waals surface area contributed by atoms with E-state index in [4.69, 9.17) is 0 Å². The van der Waals surface area contributed by atoms with E-state index in [0.29, 0.717) is 16.1 Å². The number of carbonyl (C=O) groups excluding carboxylic acids is 1. The van der Waals surface area contributed by atoms with Gasteiger partial charge in [0, 0.05) is 6.04 Å². The fraction of sp³-hybridized carbons (Fsp3) is 0.286. The van der Waals surface area contributed by atoms with E-state index in [2.05, 4.69) is 15.0 Å². The van der Waals surface area contributed by atoms with Crippen molar-refractivity contribution >= 4 is 34.3 Å². The van der Waals surface area contributed by atoms with Gasteiger partial charge in [-0.25, -0.2) is 4.98 Å². The number of rotatable bonds is 7. The third kappa shape index (κ3) is 4.79. The molecule has 0 spiro atoms. The minimum Gasteiger partial charge on any atom is -0.433 e. The lowest BCUT2D eigenvalue weighted by atomic mass is 10.2. The summed E-state index contributed by atoms with van der Waals surface area (Å²) in [5.74, 6) is -0.552. The molecular formula is C21H21F2N3O3S. The van der Waals surface area contributed by atoms with Gasteiger partial charge in [0.15, 0.2) is 5.16 Å². The maximum Gasteiger partial charge on any atom is 0.387 e. The van der Waals surface area contributed by atoms with Gasteiger partial charge in [-0.1, -0.05) is 36.0 Å². The van der Waals surface area contributed by atoms with Crippen LogP contribution < -0.4 is 15.6 Å². The number of aromatic nitrogens is 2. The van der Waals surface area contributed by atoms with Crippen molar-refractivity contribution in [1.29, 1.82) is 0 Å². The molecule has 0 aliphatic carbocycles. The molecule has 6 nitrogen and oxygen atoms in total. The summed E-state index contributed by atoms with van der Waals surface area (Å²) in [6.45, 7) is 2.38. The summed E-state index contributed by atoms with van der Waals surface area (Å²) in [4.78, 5) is 30.2. The molecule has 0 fully saturated rings. The Labute approximate surface area is 176 Å². The van der Waals surface area contributed by atoms with Gasteiger partial charge in [0.05, 0.1) is 21.8 Å². The second kappa shape index (κ2) is 9.25. The number of anilines is 1. The lowest BCUT2D eigenvalue weighted by Gasteiger charge is -2.19. The maximum atomic E-state index is 12.9. The van der Waals surface area contributed by atoms with Crippen LogP contribution in [0.1, 0.15) is 26.8 Å². The van der Waals surface area contributed by atoms with Gasteiger partial charge in [-0.3, -0.25) is 14.2 Å². The van der Waals surface area contributed by atoms with Crippen molar-refractivity contribution in [3.8, 4) is 5.75 Å². The van der Waals surface area contributed by atoms with E-state index >= 15 is 0 Å². The van der Waals surface area contributed by atoms with Crippen molar-refractivity contribution in [2.24, 2.45) is 0 Å². The number of para-hydroxylation sites is 3. The van der Waals surface area contributed by atoms with Crippen LogP contribution >= 0.6 is 11.8 Å². The number of ether oxygens (including phenoxy) is 1. The second-order valence-electron chi connectivity index (χ2n) is 6.80. The predicted molar refractivity (Wildman–Crippen MR) is 113 cm³/mol. The summed E-state index contributed by atoms with van der Waals surface area (Å²) in [5.41, 5.74) is 0.509. The molecule has 2 aromatic carbocycles. The molecule has 3 rings (SSSR count). The van der Waals surface area contributed by atoms with E-state index in [9.17, 15) is 18.4 Å². The highest BCUT2D eigenvalue weighted by molar-refractivity contribution is 8.00. The highest BCUT2D eigenvalue weighted by Gasteiger charge is 2.22. The van der Waals surface area contributed by atoms with Crippen LogP contribution in [0.15, 0.2) is 58.5 Å². The SMILES string of the molecule is CC(Sc1nc2ccccc2c(=O)n1C(C)C)C(=O)Nc1ccccc1OC(F)F. The minimum atomic E-state index is -3.00. The van der Waals surface area contributed by atoms with Gasteiger partial charge in [-0.2, -0.15) is 8.78 Å². The van der Waals surface area contributed by atoms with Crippen molar-refractivity contribution < 1.29 is 18.3 Å². The standard InChI is InChI=1S/C21H21F2N3O3S/c1-12(2)26-19(28)14-8-4-5-9-15(14)25-21(26)30-13(3)18(27)24-16-10-6-7-11-17(16)29-20(22)23/h4-13,20H,1-3H3,(H,24,27). The van der Waals surface area contributed by atoms with Crippen molar-refractivity contribution in [3.63, 3.8) is 0 Å². The van der Waals surface area contributed by atoms with Crippen molar-refractivity contribution in [1.82, 2.24) is 9.55 Å². The lowest BCUT2D eigenvalue weighted by Crippen LogP contribution is -2.28. The van der Waals surface area contributed by atoms with Gasteiger partial charge in [0.1, 0.15) is 5.75 Å². The molecule has 1 unspecified atom stereocenters. The average molecular weight is 433 g/mol. The number of nitrogens with zero attached hydrogens (tertiary/aromatic N) is 2. The third-order valence-electron chi connectivity index (χ3n) is 4.30. The summed E-state index contributed by atoms with van der Waals surface area (Å²) in [6.07, 6.45) is 0. The highest BCUT2D eigenvalue weighted by Crippen LogP contribution is 2.29. The summed E-state index contributed by atoms with van der Waals surface area (Å²) in [7, 11) is 0. The van der Waals surface area contributed by atoms with Crippen LogP contribution in [0.5, 0.6) is 5.75 Å². The molecule has 0 aliphatic heterocycles. The van der Waals surface area contributed by atoms with E-state index < -0.39 is 17.8 Å². The van der Waals surface area contributed by atoms with Crippen LogP contribution in [-0.4, -0.2) is 27.3 Å². The first kappa shape index (κ1) is 21.8. The quantitative estimate of drug-likeness (QED) is 0.432. The van der Waals surface area contributed by atoms with E-state index in [0.717, 1.165) is 11.8 Å². The second-order valence-corrected chi connectivity index (χ2v) is 8.11. The van der Waals surface area contributed by atoms with Crippen molar-refractivity contribution in [2.45, 2.75) is 43.8 Å². The Morgan fingerprint density at radius 3 is 2.47 bits per heavy atom. The number of nitrogens with one attached hydrogen (secondary N) is 1. The number of halogens is 2. The van der Waals surface area contributed by atoms with Gasteiger partial charge in [-0.05, 0) is 45.0 Å². The van der Waals surface area contributed by atoms with Crippen LogP contribution in [0.3, 0.4) is 0 Å². The molecule has 30 heavy (non-hydrogen) atoms. The molecule has 1 atom stereocenters. The first-order valence-electron chi connectivity index (χ1n) is 9.30. The molecule has 0 saturated carbocycles. The summed E-state index contributed by atoms with van der Waals surface area (Å²) in [6, 6.07) is 12.8. The zero-order chi connectivity index (χ0) is 21.8. The molecule has 1 N–H and O–H groups in total. The molecule has 1 amide bonds. The first-order valence-corrected chi connectivity index (χ1v) is 10.2. The Balaban J connectivity index is 1.87. The molecular weight excluding hydrogens is 412 g/mol. The van der Waals surface area contributed by atoms with Gasteiger partial charge in [-0.15, -0.1) is 0 Å². The van der Waals surface area contributed by atoms with Gasteiger partial charge >= 0.3 is 6.61 Å². The number of hydrogen-bond acceptors (Lipinski definition) is 5. The van der Waals surface area contributed by atoms with E-state index in [1.54, 1.807) is 41.8 Å². The molecule has 1 aromatic heterocycles. The monoisotopic (exact) mass is 433 g/mol. The molecule has 0 saturated heterocycles. The zero-order valence-corrected chi connectivity index (χ0v) is 17.5. The Morgan fingerprint density at radius 1 is 1.10 bits per heavy atom. The van der Waals surface area contributed by atoms with Gasteiger partial charge < -0.3 is 10.1 Å². The minimum absolute atomic E-state index is 0.124. The molecule has 0 radical (unpaired) electrons. The number of carbonyl (C=O) groups is 1. The fourth-order valence-corrected chi connectivity index (χ4v) is 3.92. The first-order chi connectivity index (χ1) is 14.3. The van der Waals surface area contributed by atoms with Crippen molar-refractivity contribution in [2.75, 3.05) is 5.32 Å². The molecule has 0 bridgehead atoms.